The second-order valence-corrected chi connectivity index (χ2v) is 20.0. The molecule has 3 saturated carbocycles. The number of halogens is 7. The van der Waals surface area contributed by atoms with Crippen LogP contribution in [0.25, 0.3) is 17.2 Å². The molecule has 6 atom stereocenters. The quantitative estimate of drug-likeness (QED) is 0.133. The minimum atomic E-state index is -1.00. The molecule has 12 nitrogen and oxygen atoms in total. The molecule has 22 heteroatoms. The van der Waals surface area contributed by atoms with Gasteiger partial charge < -0.3 is 79.2 Å². The monoisotopic (exact) mass is 1490 g/mol. The van der Waals surface area contributed by atoms with Gasteiger partial charge in [0.25, 0.3) is 0 Å². The summed E-state index contributed by atoms with van der Waals surface area (Å²) >= 11 is -1.42. The van der Waals surface area contributed by atoms with Crippen molar-refractivity contribution in [3.63, 3.8) is 0 Å². The third-order valence-electron chi connectivity index (χ3n) is 6.33. The predicted molar refractivity (Wildman–Crippen MR) is 233 cm³/mol. The summed E-state index contributed by atoms with van der Waals surface area (Å²) in [5.41, 5.74) is 22.2. The van der Waals surface area contributed by atoms with Crippen molar-refractivity contribution in [1.82, 2.24) is 0 Å². The van der Waals surface area contributed by atoms with Crippen molar-refractivity contribution in [1.29, 1.82) is 0 Å². The normalized spacial score (nSPS) is 20.8. The van der Waals surface area contributed by atoms with Crippen LogP contribution in [-0.4, -0.2) is 112 Å². The van der Waals surface area contributed by atoms with Crippen LogP contribution in [0.4, 0.5) is 4.39 Å². The second kappa shape index (κ2) is 88.9. The van der Waals surface area contributed by atoms with Gasteiger partial charge in [0.2, 0.25) is 0 Å². The first-order valence-electron chi connectivity index (χ1n) is 16.6. The third kappa shape index (κ3) is 106. The average Bonchev–Trinajstić information content (AvgIpc) is 3.14. The molecule has 0 aliphatic heterocycles. The van der Waals surface area contributed by atoms with E-state index in [4.69, 9.17) is 111 Å². The first-order valence-corrected chi connectivity index (χ1v) is 32.8. The summed E-state index contributed by atoms with van der Waals surface area (Å²) in [5.74, 6) is 0.515. The number of nitrogens with one attached hydrogen (secondary N) is 3. The predicted octanol–water partition coefficient (Wildman–Crippen LogP) is 10.5. The van der Waals surface area contributed by atoms with Crippen molar-refractivity contribution in [3.05, 3.63) is 38.0 Å². The Morgan fingerprint density at radius 1 is 0.589 bits per heavy atom. The second-order valence-electron chi connectivity index (χ2n) is 10.2. The van der Waals surface area contributed by atoms with Crippen molar-refractivity contribution < 1.29 is 101 Å². The molecule has 0 aromatic carbocycles. The van der Waals surface area contributed by atoms with Gasteiger partial charge in [-0.25, -0.2) is 0 Å². The van der Waals surface area contributed by atoms with E-state index >= 15 is 0 Å². The molecule has 0 aromatic rings. The van der Waals surface area contributed by atoms with Crippen molar-refractivity contribution in [3.8, 4) is 0 Å². The van der Waals surface area contributed by atoms with Gasteiger partial charge in [-0.05, 0) is 0 Å². The SMILES string of the molecule is C.C.C.CCC(=O)O.O.OCCO.OCCO.OCCO.[2H]CF.[CH2-][C@@H]1CCCC[C@H]1[NH-].[CH2-][C@@H]1CCCC[C@H]1[NH-].[CH2-][C@@H]1CCCC[C@H]1[NH-].[Cl][Pt+2][Cl].[Cl][Pt+2][Cl].[Cl][Pt+2][Cl]. The molecule has 0 heterocycles. The number of hydrogen-bond acceptors (Lipinski definition) is 7. The number of carboxylic acid groups (broad SMARTS) is 1. The molecule has 12 N–H and O–H groups in total. The summed E-state index contributed by atoms with van der Waals surface area (Å²) in [5, 5.41) is 53.5. The number of carboxylic acids is 1. The van der Waals surface area contributed by atoms with Gasteiger partial charge in [0.15, 0.2) is 0 Å². The Labute approximate surface area is 393 Å². The Bertz CT molecular complexity index is 523. The fourth-order valence-corrected chi connectivity index (χ4v) is 3.62. The van der Waals surface area contributed by atoms with E-state index in [0.29, 0.717) is 17.8 Å². The van der Waals surface area contributed by atoms with Crippen LogP contribution >= 0.6 is 56.5 Å². The molecular weight excluding hydrogens is 1410 g/mol. The molecule has 0 unspecified atom stereocenters. The average molecular weight is 1490 g/mol. The molecule has 0 saturated heterocycles. The van der Waals surface area contributed by atoms with Gasteiger partial charge in [0.1, 0.15) is 0 Å². The number of rotatable bonds is 4. The zero-order chi connectivity index (χ0) is 43.3. The van der Waals surface area contributed by atoms with E-state index in [1.54, 1.807) is 6.92 Å². The zero-order valence-electron chi connectivity index (χ0n) is 31.4. The van der Waals surface area contributed by atoms with Crippen molar-refractivity contribution in [2.45, 2.75) is 131 Å². The summed E-state index contributed by atoms with van der Waals surface area (Å²) in [6.45, 7) is 12.5. The number of aliphatic hydroxyl groups is 6. The molecule has 0 amide bonds. The third-order valence-corrected chi connectivity index (χ3v) is 6.33. The first kappa shape index (κ1) is 86.0. The Kier molecular flexibility index (Phi) is 136. The van der Waals surface area contributed by atoms with Crippen LogP contribution in [0.1, 0.15) is 114 Å². The Balaban J connectivity index is -0.0000000398. The molecule has 3 aliphatic carbocycles. The molecule has 364 valence electrons. The van der Waals surface area contributed by atoms with E-state index in [9.17, 15) is 9.18 Å². The zero-order valence-corrected chi connectivity index (χ0v) is 41.7. The van der Waals surface area contributed by atoms with E-state index in [0.717, 1.165) is 19.3 Å². The van der Waals surface area contributed by atoms with Crippen molar-refractivity contribution in [2.75, 3.05) is 46.8 Å². The van der Waals surface area contributed by atoms with E-state index in [-0.39, 0.29) is 91.9 Å². The minimum absolute atomic E-state index is 0. The van der Waals surface area contributed by atoms with Gasteiger partial charge in [-0.1, -0.05) is 106 Å². The number of aliphatic hydroxyl groups excluding tert-OH is 6. The number of aliphatic carboxylic acids is 1. The van der Waals surface area contributed by atoms with Crippen molar-refractivity contribution >= 4 is 62.5 Å². The van der Waals surface area contributed by atoms with Gasteiger partial charge in [-0.3, -0.25) is 9.18 Å². The number of carbonyl (C=O) groups is 1. The van der Waals surface area contributed by atoms with Gasteiger partial charge in [0, 0.05) is 6.42 Å². The summed E-state index contributed by atoms with van der Waals surface area (Å²) < 4.78 is 15.5. The van der Waals surface area contributed by atoms with E-state index in [1.807, 2.05) is 0 Å². The molecule has 3 aliphatic rings. The van der Waals surface area contributed by atoms with E-state index in [1.165, 1.54) is 57.8 Å². The standard InChI is InChI=1S/3C7H13N.C3H6O2.3C2H6O2.CH3F.3CH4.6ClH.H2O.3Pt/c3*1-6-4-2-3-5-7(6)8;1-2-3(4)5;3*3-1-2-4;1-2;;;;;;;;;;;;;/h3*6-8H,1-5H2;2H2,1H3,(H,4,5);3*3-4H,1-2H2;1H3;3*1H4;6*1H;1H2;;;/q3*-2;;;;;;;;;;;;;;;;3*+4/p-6/t3*6-,7-;;;;;;;;;;;;;;;;;;/m111................../s1/i;;;;;;;1D;;;;;;;;;;;;;. The molecule has 0 bridgehead atoms. The molecule has 56 heavy (non-hydrogen) atoms. The van der Waals surface area contributed by atoms with Gasteiger partial charge in [0.05, 0.1) is 48.2 Å². The molecular formula is C34H80Cl6FN3O9Pt3. The van der Waals surface area contributed by atoms with Crippen LogP contribution in [0.15, 0.2) is 0 Å². The van der Waals surface area contributed by atoms with Crippen LogP contribution in [0.5, 0.6) is 0 Å². The number of alkyl halides is 1. The maximum atomic E-state index is 9.96. The fraction of sp³-hybridized carbons (Fsp3) is 0.882. The van der Waals surface area contributed by atoms with Crippen LogP contribution in [-0.2, 0) is 54.2 Å². The van der Waals surface area contributed by atoms with Gasteiger partial charge in [-0.15, -0.1) is 0 Å². The Morgan fingerprint density at radius 3 is 0.768 bits per heavy atom. The summed E-state index contributed by atoms with van der Waals surface area (Å²) in [6.07, 6.45) is 14.6. The Hall–Kier alpha value is 2.80. The first-order chi connectivity index (χ1) is 25.1. The van der Waals surface area contributed by atoms with E-state index in [2.05, 4.69) is 20.8 Å². The van der Waals surface area contributed by atoms with Crippen molar-refractivity contribution in [2.24, 2.45) is 17.8 Å². The van der Waals surface area contributed by atoms with Crippen LogP contribution in [0, 0.1) is 38.5 Å². The maximum absolute atomic E-state index is 9.96. The topological polar surface area (TPSA) is 262 Å². The van der Waals surface area contributed by atoms with Gasteiger partial charge >= 0.3 is 112 Å². The van der Waals surface area contributed by atoms with Gasteiger partial charge in [-0.2, -0.15) is 35.9 Å². The van der Waals surface area contributed by atoms with Crippen LogP contribution in [0.3, 0.4) is 0 Å². The van der Waals surface area contributed by atoms with Crippen LogP contribution < -0.4 is 0 Å². The van der Waals surface area contributed by atoms with E-state index < -0.39 is 62.6 Å². The Morgan fingerprint density at radius 2 is 0.714 bits per heavy atom. The molecule has 0 spiro atoms. The fourth-order valence-electron chi connectivity index (χ4n) is 3.62. The summed E-state index contributed by atoms with van der Waals surface area (Å²) in [4.78, 5) is 9.37. The molecule has 3 fully saturated rings. The summed E-state index contributed by atoms with van der Waals surface area (Å²) in [7, 11) is 28.2. The molecule has 3 rings (SSSR count). The molecule has 0 aromatic heterocycles. The number of hydrogen-bond donors (Lipinski definition) is 7. The molecule has 0 radical (unpaired) electrons. The van der Waals surface area contributed by atoms with Crippen LogP contribution in [0.2, 0.25) is 0 Å². The summed E-state index contributed by atoms with van der Waals surface area (Å²) in [6, 6.07) is 0.427.